The molecule has 1 aromatic carbocycles. The predicted molar refractivity (Wildman–Crippen MR) is 79.9 cm³/mol. The Morgan fingerprint density at radius 1 is 1.19 bits per heavy atom. The zero-order valence-corrected chi connectivity index (χ0v) is 12.4. The predicted octanol–water partition coefficient (Wildman–Crippen LogP) is 2.26. The summed E-state index contributed by atoms with van der Waals surface area (Å²) in [6.45, 7) is 6.31. The monoisotopic (exact) mass is 290 g/mol. The Bertz CT molecular complexity index is 659. The van der Waals surface area contributed by atoms with Crippen LogP contribution in [0.5, 0.6) is 0 Å². The van der Waals surface area contributed by atoms with Gasteiger partial charge in [-0.25, -0.2) is 4.39 Å². The van der Waals surface area contributed by atoms with Crippen molar-refractivity contribution in [2.45, 2.75) is 32.6 Å². The fraction of sp³-hybridized carbons (Fsp3) is 0.400. The quantitative estimate of drug-likeness (QED) is 0.906. The minimum Gasteiger partial charge on any atom is -0.354 e. The van der Waals surface area contributed by atoms with Crippen molar-refractivity contribution in [2.75, 3.05) is 11.9 Å². The van der Waals surface area contributed by atoms with Crippen LogP contribution >= 0.6 is 0 Å². The van der Waals surface area contributed by atoms with Crippen molar-refractivity contribution < 1.29 is 4.39 Å². The Morgan fingerprint density at radius 2 is 1.86 bits per heavy atom. The van der Waals surface area contributed by atoms with Crippen molar-refractivity contribution in [2.24, 2.45) is 0 Å². The van der Waals surface area contributed by atoms with Crippen LogP contribution < -0.4 is 10.9 Å². The molecule has 0 aliphatic heterocycles. The molecule has 2 rings (SSSR count). The zero-order valence-electron chi connectivity index (χ0n) is 12.4. The lowest BCUT2D eigenvalue weighted by Crippen LogP contribution is -2.28. The molecule has 0 fully saturated rings. The van der Waals surface area contributed by atoms with Crippen LogP contribution in [0.15, 0.2) is 29.1 Å². The van der Waals surface area contributed by atoms with Gasteiger partial charge in [0, 0.05) is 12.0 Å². The summed E-state index contributed by atoms with van der Waals surface area (Å²) in [7, 11) is 0. The second kappa shape index (κ2) is 6.03. The van der Waals surface area contributed by atoms with Gasteiger partial charge >= 0.3 is 0 Å². The van der Waals surface area contributed by atoms with E-state index in [9.17, 15) is 9.18 Å². The van der Waals surface area contributed by atoms with Gasteiger partial charge in [-0.05, 0) is 24.1 Å². The van der Waals surface area contributed by atoms with Crippen LogP contribution in [0.3, 0.4) is 0 Å². The number of aromatic nitrogens is 3. The number of rotatable bonds is 4. The molecule has 21 heavy (non-hydrogen) atoms. The van der Waals surface area contributed by atoms with E-state index >= 15 is 0 Å². The molecule has 5 nitrogen and oxygen atoms in total. The summed E-state index contributed by atoms with van der Waals surface area (Å²) in [5.41, 5.74) is 0.839. The molecule has 0 atom stereocenters. The van der Waals surface area contributed by atoms with Gasteiger partial charge in [0.1, 0.15) is 11.5 Å². The fourth-order valence-electron chi connectivity index (χ4n) is 1.88. The summed E-state index contributed by atoms with van der Waals surface area (Å²) in [6, 6.07) is 6.31. The number of hydrogen-bond acceptors (Lipinski definition) is 4. The molecule has 0 bridgehead atoms. The summed E-state index contributed by atoms with van der Waals surface area (Å²) >= 11 is 0. The van der Waals surface area contributed by atoms with Gasteiger partial charge in [0.05, 0.1) is 0 Å². The normalized spacial score (nSPS) is 11.4. The highest BCUT2D eigenvalue weighted by molar-refractivity contribution is 5.24. The van der Waals surface area contributed by atoms with Crippen molar-refractivity contribution in [1.82, 2.24) is 15.2 Å². The largest absolute Gasteiger partial charge is 0.354 e. The van der Waals surface area contributed by atoms with Crippen LogP contribution in [0.4, 0.5) is 10.3 Å². The molecule has 112 valence electrons. The van der Waals surface area contributed by atoms with E-state index in [1.54, 1.807) is 12.1 Å². The molecule has 6 heteroatoms. The first-order valence-electron chi connectivity index (χ1n) is 6.82. The van der Waals surface area contributed by atoms with Gasteiger partial charge in [-0.3, -0.25) is 9.78 Å². The zero-order chi connectivity index (χ0) is 15.5. The highest BCUT2D eigenvalue weighted by atomic mass is 19.1. The highest BCUT2D eigenvalue weighted by Crippen LogP contribution is 2.15. The van der Waals surface area contributed by atoms with Crippen LogP contribution in [-0.2, 0) is 11.8 Å². The first-order chi connectivity index (χ1) is 9.86. The van der Waals surface area contributed by atoms with Crippen LogP contribution in [0, 0.1) is 5.82 Å². The summed E-state index contributed by atoms with van der Waals surface area (Å²) in [5.74, 6) is 0.0924. The first kappa shape index (κ1) is 15.2. The van der Waals surface area contributed by atoms with E-state index in [1.807, 2.05) is 20.8 Å². The summed E-state index contributed by atoms with van der Waals surface area (Å²) < 4.78 is 12.8. The van der Waals surface area contributed by atoms with Gasteiger partial charge in [-0.15, -0.1) is 10.2 Å². The molecule has 0 aliphatic carbocycles. The maximum atomic E-state index is 12.8. The number of aromatic amines is 1. The molecular formula is C15H19FN4O. The van der Waals surface area contributed by atoms with Crippen molar-refractivity contribution in [1.29, 1.82) is 0 Å². The Morgan fingerprint density at radius 3 is 2.43 bits per heavy atom. The standard InChI is InChI=1S/C15H19FN4O/c1-15(2,3)12-13(21)18-14(20-19-12)17-9-8-10-4-6-11(16)7-5-10/h4-7H,8-9H2,1-3H3,(H2,17,18,20,21). The Labute approximate surface area is 122 Å². The van der Waals surface area contributed by atoms with Gasteiger partial charge in [0.15, 0.2) is 0 Å². The molecule has 2 N–H and O–H groups in total. The molecule has 0 aliphatic rings. The third-order valence-corrected chi connectivity index (χ3v) is 3.03. The van der Waals surface area contributed by atoms with E-state index in [2.05, 4.69) is 20.5 Å². The van der Waals surface area contributed by atoms with E-state index in [4.69, 9.17) is 0 Å². The molecule has 0 radical (unpaired) electrons. The van der Waals surface area contributed by atoms with E-state index in [-0.39, 0.29) is 16.8 Å². The van der Waals surface area contributed by atoms with E-state index < -0.39 is 0 Å². The maximum absolute atomic E-state index is 12.8. The van der Waals surface area contributed by atoms with Gasteiger partial charge in [0.25, 0.3) is 5.56 Å². The van der Waals surface area contributed by atoms with Gasteiger partial charge in [-0.1, -0.05) is 32.9 Å². The lowest BCUT2D eigenvalue weighted by molar-refractivity contribution is 0.547. The summed E-state index contributed by atoms with van der Waals surface area (Å²) in [5, 5.41) is 11.0. The van der Waals surface area contributed by atoms with E-state index in [1.165, 1.54) is 12.1 Å². The second-order valence-corrected chi connectivity index (χ2v) is 5.90. The molecular weight excluding hydrogens is 271 g/mol. The Balaban J connectivity index is 1.96. The van der Waals surface area contributed by atoms with Crippen molar-refractivity contribution in [3.05, 3.63) is 51.7 Å². The number of anilines is 1. The molecule has 1 heterocycles. The van der Waals surface area contributed by atoms with Crippen LogP contribution in [0.25, 0.3) is 0 Å². The minimum atomic E-state index is -0.340. The van der Waals surface area contributed by atoms with Gasteiger partial charge < -0.3 is 5.32 Å². The maximum Gasteiger partial charge on any atom is 0.274 e. The Hall–Kier alpha value is -2.24. The highest BCUT2D eigenvalue weighted by Gasteiger charge is 2.20. The second-order valence-electron chi connectivity index (χ2n) is 5.90. The number of benzene rings is 1. The molecule has 0 amide bonds. The average Bonchev–Trinajstić information content (AvgIpc) is 2.40. The molecule has 0 unspecified atom stereocenters. The summed E-state index contributed by atoms with van der Waals surface area (Å²) in [6.07, 6.45) is 0.699. The van der Waals surface area contributed by atoms with E-state index in [0.717, 1.165) is 5.56 Å². The van der Waals surface area contributed by atoms with Crippen LogP contribution in [0.2, 0.25) is 0 Å². The lowest BCUT2D eigenvalue weighted by atomic mass is 9.93. The van der Waals surface area contributed by atoms with Gasteiger partial charge in [-0.2, -0.15) is 0 Å². The smallest absolute Gasteiger partial charge is 0.274 e. The van der Waals surface area contributed by atoms with Crippen LogP contribution in [0.1, 0.15) is 32.0 Å². The van der Waals surface area contributed by atoms with Crippen LogP contribution in [-0.4, -0.2) is 21.7 Å². The molecule has 1 aromatic heterocycles. The number of halogens is 1. The van der Waals surface area contributed by atoms with E-state index in [0.29, 0.717) is 24.6 Å². The molecule has 0 saturated heterocycles. The topological polar surface area (TPSA) is 70.7 Å². The molecule has 2 aromatic rings. The van der Waals surface area contributed by atoms with Crippen molar-refractivity contribution in [3.8, 4) is 0 Å². The number of H-pyrrole nitrogens is 1. The number of hydrogen-bond donors (Lipinski definition) is 2. The Kier molecular flexibility index (Phi) is 4.35. The van der Waals surface area contributed by atoms with Crippen molar-refractivity contribution in [3.63, 3.8) is 0 Å². The number of nitrogens with zero attached hydrogens (tertiary/aromatic N) is 2. The summed E-state index contributed by atoms with van der Waals surface area (Å²) in [4.78, 5) is 14.6. The third-order valence-electron chi connectivity index (χ3n) is 3.03. The molecule has 0 spiro atoms. The number of nitrogens with one attached hydrogen (secondary N) is 2. The first-order valence-corrected chi connectivity index (χ1v) is 6.82. The third kappa shape index (κ3) is 4.11. The fourth-order valence-corrected chi connectivity index (χ4v) is 1.88. The minimum absolute atomic E-state index is 0.234. The average molecular weight is 290 g/mol. The molecule has 0 saturated carbocycles. The lowest BCUT2D eigenvalue weighted by Gasteiger charge is -2.15. The van der Waals surface area contributed by atoms with Crippen molar-refractivity contribution >= 4 is 5.95 Å². The SMILES string of the molecule is CC(C)(C)c1nnc(NCCc2ccc(F)cc2)[nH]c1=O. The van der Waals surface area contributed by atoms with Gasteiger partial charge in [0.2, 0.25) is 5.95 Å².